The Kier molecular flexibility index (Phi) is 15.5. The summed E-state index contributed by atoms with van der Waals surface area (Å²) in [5, 5.41) is 2.65. The van der Waals surface area contributed by atoms with Crippen molar-refractivity contribution < 1.29 is 4.74 Å². The van der Waals surface area contributed by atoms with Crippen LogP contribution in [-0.2, 0) is 19.9 Å². The summed E-state index contributed by atoms with van der Waals surface area (Å²) >= 11 is 1.84. The van der Waals surface area contributed by atoms with Gasteiger partial charge < -0.3 is 28.9 Å². The maximum atomic E-state index is 5.81. The highest BCUT2D eigenvalue weighted by molar-refractivity contribution is 7.99. The van der Waals surface area contributed by atoms with Crippen LogP contribution in [0.15, 0.2) is 277 Å². The fourth-order valence-electron chi connectivity index (χ4n) is 11.4. The fraction of sp³-hybridized carbons (Fsp3) is 0.0933. The number of anilines is 8. The van der Waals surface area contributed by atoms with Crippen LogP contribution < -0.4 is 24.3 Å². The van der Waals surface area contributed by atoms with E-state index in [1.165, 1.54) is 99.1 Å². The summed E-state index contributed by atoms with van der Waals surface area (Å²) in [7, 11) is 10.6. The van der Waals surface area contributed by atoms with Crippen LogP contribution in [0.2, 0.25) is 0 Å². The first-order valence-electron chi connectivity index (χ1n) is 28.0. The molecular weight excluding hydrogens is 1020 g/mol. The Morgan fingerprint density at radius 1 is 0.305 bits per heavy atom. The molecule has 16 rings (SSSR count). The van der Waals surface area contributed by atoms with Crippen molar-refractivity contribution in [3.8, 4) is 22.6 Å². The van der Waals surface area contributed by atoms with Crippen LogP contribution in [0.1, 0.15) is 22.3 Å². The molecule has 0 spiro atoms. The molecule has 0 N–H and O–H groups in total. The zero-order valence-electron chi connectivity index (χ0n) is 47.0. The summed E-state index contributed by atoms with van der Waals surface area (Å²) < 4.78 is 8.07. The van der Waals surface area contributed by atoms with Crippen molar-refractivity contribution in [2.24, 2.45) is 7.05 Å². The Balaban J connectivity index is 0.000000102. The molecule has 7 heteroatoms. The first-order chi connectivity index (χ1) is 40.3. The second kappa shape index (κ2) is 24.0. The predicted octanol–water partition coefficient (Wildman–Crippen LogP) is 20.0. The third-order valence-electron chi connectivity index (χ3n) is 15.8. The standard InChI is InChI=1S/C19H15N.C15H15N.C15H13N.C13H11NO.C13H11NS/c1-20-18-10-6-5-9-16(18)17-13-15(11-12-19(17)20)14-7-3-2-4-8-14;2*1-16-14-8-4-2-6-12(14)10-11-13-7-3-5-9-15(13)16;2*1-14-10-6-2-4-8-12(10)15-13-9-5-3-7-11(13)14/h2-13H,1H3;2-9H,10-11H2,1H3;2-11H,1H3;2*2-9H,1H3. The molecule has 0 amide bonds. The first kappa shape index (κ1) is 53.0. The van der Waals surface area contributed by atoms with Crippen molar-refractivity contribution in [1.29, 1.82) is 0 Å². The average molecular weight is 1080 g/mol. The van der Waals surface area contributed by atoms with E-state index in [0.29, 0.717) is 0 Å². The van der Waals surface area contributed by atoms with Crippen LogP contribution in [0.3, 0.4) is 0 Å². The highest BCUT2D eigenvalue weighted by Gasteiger charge is 2.22. The lowest BCUT2D eigenvalue weighted by Gasteiger charge is -2.29. The molecule has 0 fully saturated rings. The Hall–Kier alpha value is -9.69. The van der Waals surface area contributed by atoms with E-state index in [1.54, 1.807) is 0 Å². The van der Waals surface area contributed by atoms with Gasteiger partial charge in [-0.1, -0.05) is 200 Å². The van der Waals surface area contributed by atoms with E-state index < -0.39 is 0 Å². The number of para-hydroxylation sites is 11. The molecule has 1 aromatic heterocycles. The second-order valence-corrected chi connectivity index (χ2v) is 21.8. The average Bonchev–Trinajstić information content (AvgIpc) is 3.92. The first-order valence-corrected chi connectivity index (χ1v) is 28.8. The minimum absolute atomic E-state index is 0.915. The summed E-state index contributed by atoms with van der Waals surface area (Å²) in [5.74, 6) is 1.83. The second-order valence-electron chi connectivity index (χ2n) is 20.7. The van der Waals surface area contributed by atoms with Gasteiger partial charge in [0.25, 0.3) is 0 Å². The molecule has 12 aromatic rings. The molecule has 0 aliphatic carbocycles. The van der Waals surface area contributed by atoms with Gasteiger partial charge in [0.15, 0.2) is 11.5 Å². The maximum Gasteiger partial charge on any atom is 0.151 e. The van der Waals surface area contributed by atoms with Gasteiger partial charge in [0.2, 0.25) is 0 Å². The molecule has 11 aromatic carbocycles. The van der Waals surface area contributed by atoms with Gasteiger partial charge >= 0.3 is 0 Å². The zero-order valence-corrected chi connectivity index (χ0v) is 47.8. The van der Waals surface area contributed by atoms with Crippen LogP contribution in [0, 0.1) is 0 Å². The van der Waals surface area contributed by atoms with Gasteiger partial charge in [-0.3, -0.25) is 0 Å². The molecule has 5 heterocycles. The zero-order chi connectivity index (χ0) is 55.9. The molecule has 0 saturated carbocycles. The number of fused-ring (bicyclic) bond motifs is 11. The van der Waals surface area contributed by atoms with Gasteiger partial charge in [-0.25, -0.2) is 0 Å². The molecule has 4 aliphatic rings. The minimum atomic E-state index is 0.915. The van der Waals surface area contributed by atoms with Gasteiger partial charge in [0.1, 0.15) is 0 Å². The topological polar surface area (TPSA) is 27.1 Å². The smallest absolute Gasteiger partial charge is 0.151 e. The summed E-state index contributed by atoms with van der Waals surface area (Å²) in [6.45, 7) is 0. The Morgan fingerprint density at radius 3 is 1.26 bits per heavy atom. The van der Waals surface area contributed by atoms with Gasteiger partial charge in [0, 0.05) is 89.6 Å². The number of hydrogen-bond acceptors (Lipinski definition) is 6. The molecule has 0 bridgehead atoms. The number of aromatic nitrogens is 1. The van der Waals surface area contributed by atoms with Gasteiger partial charge in [-0.15, -0.1) is 0 Å². The molecular formula is C75H65N5OS. The molecule has 4 aliphatic heterocycles. The molecule has 0 saturated heterocycles. The van der Waals surface area contributed by atoms with Crippen molar-refractivity contribution in [3.63, 3.8) is 0 Å². The third-order valence-corrected chi connectivity index (χ3v) is 16.9. The number of aryl methyl sites for hydroxylation is 3. The summed E-state index contributed by atoms with van der Waals surface area (Å²) in [5.41, 5.74) is 20.5. The van der Waals surface area contributed by atoms with Crippen LogP contribution in [0.5, 0.6) is 11.5 Å². The van der Waals surface area contributed by atoms with Crippen LogP contribution in [0.25, 0.3) is 45.1 Å². The minimum Gasteiger partial charge on any atom is -0.453 e. The quantitative estimate of drug-likeness (QED) is 0.163. The summed E-state index contributed by atoms with van der Waals surface area (Å²) in [6, 6.07) is 93.3. The molecule has 402 valence electrons. The summed E-state index contributed by atoms with van der Waals surface area (Å²) in [4.78, 5) is 11.6. The van der Waals surface area contributed by atoms with Crippen molar-refractivity contribution in [1.82, 2.24) is 4.57 Å². The number of hydrogen-bond donors (Lipinski definition) is 0. The van der Waals surface area contributed by atoms with Crippen molar-refractivity contribution in [3.05, 3.63) is 289 Å². The third kappa shape index (κ3) is 10.9. The predicted molar refractivity (Wildman–Crippen MR) is 350 cm³/mol. The van der Waals surface area contributed by atoms with E-state index in [-0.39, 0.29) is 0 Å². The fourth-order valence-corrected chi connectivity index (χ4v) is 12.6. The summed E-state index contributed by atoms with van der Waals surface area (Å²) in [6.07, 6.45) is 6.63. The van der Waals surface area contributed by atoms with E-state index in [4.69, 9.17) is 4.74 Å². The molecule has 0 atom stereocenters. The lowest BCUT2D eigenvalue weighted by molar-refractivity contribution is 0.475. The van der Waals surface area contributed by atoms with Gasteiger partial charge in [-0.05, 0) is 137 Å². The van der Waals surface area contributed by atoms with Gasteiger partial charge in [-0.2, -0.15) is 0 Å². The van der Waals surface area contributed by atoms with Gasteiger partial charge in [0.05, 0.1) is 22.7 Å². The van der Waals surface area contributed by atoms with Crippen molar-refractivity contribution in [2.75, 3.05) is 47.8 Å². The number of ether oxygens (including phenoxy) is 1. The van der Waals surface area contributed by atoms with Crippen LogP contribution in [-0.4, -0.2) is 32.8 Å². The Labute approximate surface area is 487 Å². The number of benzene rings is 11. The number of rotatable bonds is 1. The SMILES string of the molecule is CN1c2ccccc2C=Cc2ccccc21.CN1c2ccccc2CCc2ccccc21.CN1c2ccccc2Oc2ccccc21.CN1c2ccccc2Sc2ccccc21.Cn1c2ccccc2c2cc(-c3ccccc3)ccc21. The molecule has 0 radical (unpaired) electrons. The van der Waals surface area contributed by atoms with Crippen LogP contribution >= 0.6 is 11.8 Å². The van der Waals surface area contributed by atoms with Crippen LogP contribution in [0.4, 0.5) is 45.5 Å². The highest BCUT2D eigenvalue weighted by atomic mass is 32.2. The van der Waals surface area contributed by atoms with E-state index in [2.05, 4.69) is 302 Å². The van der Waals surface area contributed by atoms with E-state index in [0.717, 1.165) is 35.7 Å². The Morgan fingerprint density at radius 2 is 0.695 bits per heavy atom. The van der Waals surface area contributed by atoms with E-state index in [9.17, 15) is 0 Å². The molecule has 82 heavy (non-hydrogen) atoms. The lowest BCUT2D eigenvalue weighted by Crippen LogP contribution is -2.15. The molecule has 0 unspecified atom stereocenters. The Bertz CT molecular complexity index is 3960. The van der Waals surface area contributed by atoms with E-state index >= 15 is 0 Å². The largest absolute Gasteiger partial charge is 0.453 e. The lowest BCUT2D eigenvalue weighted by atomic mass is 10.0. The van der Waals surface area contributed by atoms with Crippen molar-refractivity contribution in [2.45, 2.75) is 22.6 Å². The normalized spacial score (nSPS) is 12.7. The molecule has 6 nitrogen and oxygen atoms in total. The highest BCUT2D eigenvalue weighted by Crippen LogP contribution is 2.48. The van der Waals surface area contributed by atoms with Crippen molar-refractivity contribution >= 4 is 91.2 Å². The number of nitrogens with zero attached hydrogens (tertiary/aromatic N) is 5. The monoisotopic (exact) mass is 1080 g/mol. The van der Waals surface area contributed by atoms with E-state index in [1.807, 2.05) is 48.2 Å². The maximum absolute atomic E-state index is 5.81.